The van der Waals surface area contributed by atoms with E-state index in [0.29, 0.717) is 49.9 Å². The van der Waals surface area contributed by atoms with Crippen LogP contribution in [0.4, 0.5) is 8.78 Å². The number of aliphatic carboxylic acids is 2. The Bertz CT molecular complexity index is 2650. The van der Waals surface area contributed by atoms with Crippen molar-refractivity contribution >= 4 is 70.7 Å². The number of ketones is 2. The van der Waals surface area contributed by atoms with E-state index in [1.54, 1.807) is 24.1 Å². The quantitative estimate of drug-likeness (QED) is 0.0284. The van der Waals surface area contributed by atoms with Gasteiger partial charge in [0.1, 0.15) is 23.5 Å². The second-order valence-corrected chi connectivity index (χ2v) is 22.4. The SMILES string of the molecule is CC(C)[C@H](CC(=O)CCCCCN1C(=O)C=CC1=O)C(=O)N[C@@H](C)C(=O)CCCCN(C(=O)CSCCC(=O)NCCC(=O)N[C@@H](CCC(=O)O)C(=O)O)[C@@H](c1cc(-c2cc(F)ccc2F)cn1Cc1ccccc1)C(C)(C)C. The van der Waals surface area contributed by atoms with E-state index in [0.717, 1.165) is 28.7 Å². The van der Waals surface area contributed by atoms with E-state index in [9.17, 15) is 57.4 Å². The summed E-state index contributed by atoms with van der Waals surface area (Å²) in [6, 6.07) is 11.6. The van der Waals surface area contributed by atoms with Gasteiger partial charge in [-0.2, -0.15) is 11.8 Å². The van der Waals surface area contributed by atoms with Gasteiger partial charge in [-0.15, -0.1) is 0 Å². The number of carbonyl (C=O) groups is 10. The molecule has 5 N–H and O–H groups in total. The fourth-order valence-electron chi connectivity index (χ4n) is 9.21. The summed E-state index contributed by atoms with van der Waals surface area (Å²) in [5.74, 6) is -7.47. The number of amides is 6. The number of carboxylic acids is 2. The van der Waals surface area contributed by atoms with Crippen molar-refractivity contribution in [2.24, 2.45) is 17.3 Å². The van der Waals surface area contributed by atoms with Gasteiger partial charge < -0.3 is 35.6 Å². The van der Waals surface area contributed by atoms with E-state index in [1.165, 1.54) is 23.9 Å². The number of carbonyl (C=O) groups excluding carboxylic acids is 8. The van der Waals surface area contributed by atoms with Crippen molar-refractivity contribution in [1.29, 1.82) is 0 Å². The number of Topliss-reactive ketones (excluding diaryl/α,β-unsaturated/α-hetero) is 2. The summed E-state index contributed by atoms with van der Waals surface area (Å²) in [6.07, 6.45) is 5.80. The highest BCUT2D eigenvalue weighted by Crippen LogP contribution is 2.41. The summed E-state index contributed by atoms with van der Waals surface area (Å²) in [4.78, 5) is 129. The molecule has 21 heteroatoms. The van der Waals surface area contributed by atoms with Gasteiger partial charge in [0.05, 0.1) is 17.8 Å². The van der Waals surface area contributed by atoms with Gasteiger partial charge in [-0.05, 0) is 80.2 Å². The lowest BCUT2D eigenvalue weighted by Gasteiger charge is -2.41. The minimum Gasteiger partial charge on any atom is -0.481 e. The number of halogens is 2. The number of hydrogen-bond acceptors (Lipinski definition) is 11. The topological polar surface area (TPSA) is 259 Å². The highest BCUT2D eigenvalue weighted by Gasteiger charge is 2.37. The summed E-state index contributed by atoms with van der Waals surface area (Å²) in [5, 5.41) is 25.9. The van der Waals surface area contributed by atoms with Gasteiger partial charge in [0, 0.05) is 112 Å². The molecule has 0 fully saturated rings. The monoisotopic (exact) mass is 1120 g/mol. The van der Waals surface area contributed by atoms with E-state index in [4.69, 9.17) is 5.11 Å². The van der Waals surface area contributed by atoms with Crippen LogP contribution in [0.5, 0.6) is 0 Å². The number of thioether (sulfide) groups is 1. The molecule has 1 aliphatic heterocycles. The lowest BCUT2D eigenvalue weighted by Crippen LogP contribution is -2.44. The highest BCUT2D eigenvalue weighted by atomic mass is 32.2. The summed E-state index contributed by atoms with van der Waals surface area (Å²) in [6.45, 7) is 11.8. The number of imide groups is 1. The van der Waals surface area contributed by atoms with Gasteiger partial charge in [-0.1, -0.05) is 71.4 Å². The van der Waals surface area contributed by atoms with Gasteiger partial charge in [-0.25, -0.2) is 13.6 Å². The van der Waals surface area contributed by atoms with Gasteiger partial charge in [0.15, 0.2) is 5.78 Å². The molecule has 1 aliphatic rings. The van der Waals surface area contributed by atoms with Gasteiger partial charge >= 0.3 is 11.9 Å². The summed E-state index contributed by atoms with van der Waals surface area (Å²) >= 11 is 1.20. The second kappa shape index (κ2) is 31.5. The third kappa shape index (κ3) is 21.3. The number of rotatable bonds is 35. The fraction of sp³-hybridized carbons (Fsp3) is 0.517. The van der Waals surface area contributed by atoms with Crippen LogP contribution in [0, 0.1) is 28.9 Å². The molecule has 0 radical (unpaired) electrons. The Hall–Kier alpha value is -7.03. The average molecular weight is 1120 g/mol. The number of nitrogens with one attached hydrogen (secondary N) is 3. The lowest BCUT2D eigenvalue weighted by molar-refractivity contribution is -0.143. The van der Waals surface area contributed by atoms with Crippen LogP contribution in [0.25, 0.3) is 11.1 Å². The molecule has 2 heterocycles. The van der Waals surface area contributed by atoms with Crippen LogP contribution in [0.15, 0.2) is 72.9 Å². The number of unbranched alkanes of at least 4 members (excludes halogenated alkanes) is 3. The molecule has 1 aromatic heterocycles. The van der Waals surface area contributed by atoms with Crippen LogP contribution in [0.1, 0.15) is 136 Å². The largest absolute Gasteiger partial charge is 0.481 e. The van der Waals surface area contributed by atoms with Crippen LogP contribution < -0.4 is 16.0 Å². The molecule has 79 heavy (non-hydrogen) atoms. The standard InChI is InChI=1S/C58H76F2N6O12S/c1-37(2)43(33-42(67)17-11-8-13-28-65-51(71)22-23-52(65)72)56(76)62-38(3)48(68)18-12-14-29-66(53(73)36-79-30-26-49(69)61-27-25-50(70)63-46(57(77)78)21-24-54(74)75)55(58(4,5)6)47-31-40(44-32-41(59)19-20-45(44)60)35-64(47)34-39-15-9-7-10-16-39/h7,9-10,15-16,19-20,22-23,31-32,35,37-38,43,46,55H,8,11-14,17-18,21,24-30,33-34,36H2,1-6H3,(H,61,69)(H,62,76)(H,63,70)(H,74,75)(H,77,78)/t38-,43-,46-,55-/m0/s1. The molecule has 0 spiro atoms. The third-order valence-corrected chi connectivity index (χ3v) is 14.4. The number of hydrogen-bond donors (Lipinski definition) is 5. The van der Waals surface area contributed by atoms with Crippen molar-refractivity contribution < 1.29 is 66.9 Å². The Kier molecular flexibility index (Phi) is 25.7. The second-order valence-electron chi connectivity index (χ2n) is 21.3. The first-order chi connectivity index (χ1) is 37.4. The molecule has 4 rings (SSSR count). The zero-order chi connectivity index (χ0) is 58.4. The highest BCUT2D eigenvalue weighted by molar-refractivity contribution is 7.99. The molecule has 0 saturated carbocycles. The van der Waals surface area contributed by atoms with Gasteiger partial charge in [0.25, 0.3) is 11.8 Å². The van der Waals surface area contributed by atoms with Crippen molar-refractivity contribution in [2.75, 3.05) is 31.1 Å². The van der Waals surface area contributed by atoms with Gasteiger partial charge in [-0.3, -0.25) is 48.1 Å². The van der Waals surface area contributed by atoms with Crippen molar-refractivity contribution in [3.8, 4) is 11.1 Å². The van der Waals surface area contributed by atoms with Crippen molar-refractivity contribution in [3.63, 3.8) is 0 Å². The summed E-state index contributed by atoms with van der Waals surface area (Å²) in [5.41, 5.74) is 1.32. The van der Waals surface area contributed by atoms with Crippen molar-refractivity contribution in [3.05, 3.63) is 95.8 Å². The molecule has 430 valence electrons. The molecule has 0 aliphatic carbocycles. The van der Waals surface area contributed by atoms with Crippen molar-refractivity contribution in [1.82, 2.24) is 30.3 Å². The Morgan fingerprint density at radius 2 is 1.46 bits per heavy atom. The maximum atomic E-state index is 15.4. The molecule has 18 nitrogen and oxygen atoms in total. The minimum atomic E-state index is -1.40. The Morgan fingerprint density at radius 3 is 2.10 bits per heavy atom. The normalized spacial score (nSPS) is 13.9. The molecular weight excluding hydrogens is 1040 g/mol. The molecule has 3 aromatic rings. The maximum Gasteiger partial charge on any atom is 0.326 e. The zero-order valence-corrected chi connectivity index (χ0v) is 46.8. The Morgan fingerprint density at radius 1 is 0.772 bits per heavy atom. The molecule has 6 amide bonds. The molecule has 0 bridgehead atoms. The Labute approximate surface area is 464 Å². The number of benzene rings is 2. The first kappa shape index (κ1) is 64.5. The summed E-state index contributed by atoms with van der Waals surface area (Å²) < 4.78 is 32.0. The van der Waals surface area contributed by atoms with E-state index in [-0.39, 0.29) is 110 Å². The predicted octanol–water partition coefficient (Wildman–Crippen LogP) is 7.42. The average Bonchev–Trinajstić information content (AvgIpc) is 3.99. The van der Waals surface area contributed by atoms with Crippen LogP contribution >= 0.6 is 11.8 Å². The maximum absolute atomic E-state index is 15.4. The predicted molar refractivity (Wildman–Crippen MR) is 294 cm³/mol. The fourth-order valence-corrected chi connectivity index (χ4v) is 10.0. The van der Waals surface area contributed by atoms with E-state index in [2.05, 4.69) is 16.0 Å². The van der Waals surface area contributed by atoms with Crippen molar-refractivity contribution in [2.45, 2.75) is 143 Å². The van der Waals surface area contributed by atoms with Crippen LogP contribution in [-0.2, 0) is 54.5 Å². The smallest absolute Gasteiger partial charge is 0.326 e. The van der Waals surface area contributed by atoms with Gasteiger partial charge in [0.2, 0.25) is 23.6 Å². The number of carboxylic acid groups (broad SMARTS) is 2. The number of nitrogens with zero attached hydrogens (tertiary/aromatic N) is 3. The molecule has 2 aromatic carbocycles. The van der Waals surface area contributed by atoms with Crippen LogP contribution in [0.3, 0.4) is 0 Å². The summed E-state index contributed by atoms with van der Waals surface area (Å²) in [7, 11) is 0. The molecule has 4 atom stereocenters. The minimum absolute atomic E-state index is 0.00692. The third-order valence-electron chi connectivity index (χ3n) is 13.5. The Balaban J connectivity index is 1.45. The lowest BCUT2D eigenvalue weighted by atomic mass is 9.82. The molecule has 0 saturated heterocycles. The number of aromatic nitrogens is 1. The zero-order valence-electron chi connectivity index (χ0n) is 46.0. The first-order valence-corrected chi connectivity index (χ1v) is 28.0. The van der Waals surface area contributed by atoms with Crippen LogP contribution in [0.2, 0.25) is 0 Å². The molecular formula is C58H76F2N6O12S. The van der Waals surface area contributed by atoms with E-state index < -0.39 is 77.2 Å². The van der Waals surface area contributed by atoms with E-state index in [1.807, 2.05) is 69.5 Å². The van der Waals surface area contributed by atoms with Crippen LogP contribution in [-0.4, -0.2) is 127 Å². The first-order valence-electron chi connectivity index (χ1n) is 26.8. The molecule has 0 unspecified atom stereocenters. The van der Waals surface area contributed by atoms with E-state index >= 15 is 4.39 Å².